The molecule has 0 aromatic heterocycles. The molecule has 1 heterocycles. The van der Waals surface area contributed by atoms with E-state index in [0.29, 0.717) is 13.2 Å². The molecular weight excluding hydrogens is 408 g/mol. The third kappa shape index (κ3) is 6.52. The molecular formula is C29H36N2O2. The van der Waals surface area contributed by atoms with Crippen molar-refractivity contribution in [2.75, 3.05) is 39.3 Å². The molecule has 0 saturated carbocycles. The normalized spacial score (nSPS) is 17.2. The van der Waals surface area contributed by atoms with Gasteiger partial charge in [-0.2, -0.15) is 0 Å². The van der Waals surface area contributed by atoms with Crippen LogP contribution in [0.15, 0.2) is 91.0 Å². The van der Waals surface area contributed by atoms with Crippen LogP contribution in [-0.4, -0.2) is 60.3 Å². The summed E-state index contributed by atoms with van der Waals surface area (Å²) >= 11 is 0. The molecule has 1 aliphatic heterocycles. The van der Waals surface area contributed by atoms with E-state index in [1.54, 1.807) is 0 Å². The number of nitrogens with zero attached hydrogens (tertiary/aromatic N) is 2. The van der Waals surface area contributed by atoms with Gasteiger partial charge in [0.25, 0.3) is 0 Å². The monoisotopic (exact) mass is 444 g/mol. The molecule has 33 heavy (non-hydrogen) atoms. The third-order valence-corrected chi connectivity index (χ3v) is 6.50. The van der Waals surface area contributed by atoms with Gasteiger partial charge in [0.05, 0.1) is 24.9 Å². The Morgan fingerprint density at radius 2 is 1.21 bits per heavy atom. The van der Waals surface area contributed by atoms with E-state index >= 15 is 0 Å². The van der Waals surface area contributed by atoms with Gasteiger partial charge < -0.3 is 9.84 Å². The zero-order valence-corrected chi connectivity index (χ0v) is 19.6. The molecule has 4 rings (SSSR count). The van der Waals surface area contributed by atoms with Crippen molar-refractivity contribution in [1.82, 2.24) is 9.80 Å². The Labute approximate surface area is 198 Å². The highest BCUT2D eigenvalue weighted by Crippen LogP contribution is 2.29. The molecule has 1 N–H and O–H groups in total. The second-order valence-electron chi connectivity index (χ2n) is 8.86. The van der Waals surface area contributed by atoms with Gasteiger partial charge in [0.1, 0.15) is 0 Å². The van der Waals surface area contributed by atoms with Crippen molar-refractivity contribution in [1.29, 1.82) is 0 Å². The van der Waals surface area contributed by atoms with Crippen LogP contribution in [0.3, 0.4) is 0 Å². The van der Waals surface area contributed by atoms with E-state index in [1.807, 2.05) is 18.2 Å². The number of ether oxygens (including phenoxy) is 1. The molecule has 174 valence electrons. The minimum Gasteiger partial charge on any atom is -0.389 e. The summed E-state index contributed by atoms with van der Waals surface area (Å²) in [4.78, 5) is 4.92. The fourth-order valence-electron chi connectivity index (χ4n) is 4.78. The minimum atomic E-state index is -0.478. The summed E-state index contributed by atoms with van der Waals surface area (Å²) in [7, 11) is 0. The largest absolute Gasteiger partial charge is 0.389 e. The maximum absolute atomic E-state index is 10.6. The minimum absolute atomic E-state index is 0.0372. The van der Waals surface area contributed by atoms with Crippen molar-refractivity contribution >= 4 is 0 Å². The van der Waals surface area contributed by atoms with Crippen molar-refractivity contribution in [3.8, 4) is 0 Å². The fraction of sp³-hybridized carbons (Fsp3) is 0.379. The topological polar surface area (TPSA) is 35.9 Å². The van der Waals surface area contributed by atoms with Crippen LogP contribution < -0.4 is 0 Å². The molecule has 0 aliphatic carbocycles. The molecule has 0 unspecified atom stereocenters. The number of piperazine rings is 1. The van der Waals surface area contributed by atoms with Crippen LogP contribution in [0.4, 0.5) is 0 Å². The molecule has 2 atom stereocenters. The molecule has 3 aromatic carbocycles. The highest BCUT2D eigenvalue weighted by molar-refractivity contribution is 5.32. The maximum Gasteiger partial charge on any atom is 0.0900 e. The summed E-state index contributed by atoms with van der Waals surface area (Å²) < 4.78 is 6.07. The van der Waals surface area contributed by atoms with Gasteiger partial charge in [-0.25, -0.2) is 0 Å². The summed E-state index contributed by atoms with van der Waals surface area (Å²) in [5.41, 5.74) is 3.84. The molecule has 0 bridgehead atoms. The quantitative estimate of drug-likeness (QED) is 0.481. The van der Waals surface area contributed by atoms with Gasteiger partial charge in [0.15, 0.2) is 0 Å². The fourth-order valence-corrected chi connectivity index (χ4v) is 4.78. The number of β-amino-alcohol motifs (C(OH)–C–C–N with tert-alkyl or cyclic N) is 1. The lowest BCUT2D eigenvalue weighted by atomic mass is 9.96. The lowest BCUT2D eigenvalue weighted by Gasteiger charge is -2.40. The van der Waals surface area contributed by atoms with Crippen molar-refractivity contribution in [2.24, 2.45) is 0 Å². The summed E-state index contributed by atoms with van der Waals surface area (Å²) in [5.74, 6) is 0. The molecule has 0 amide bonds. The second-order valence-corrected chi connectivity index (χ2v) is 8.86. The van der Waals surface area contributed by atoms with Gasteiger partial charge in [-0.15, -0.1) is 0 Å². The molecule has 4 heteroatoms. The number of hydrogen-bond donors (Lipinski definition) is 1. The first-order valence-electron chi connectivity index (χ1n) is 12.2. The molecule has 0 spiro atoms. The average molecular weight is 445 g/mol. The zero-order valence-electron chi connectivity index (χ0n) is 19.6. The van der Waals surface area contributed by atoms with Gasteiger partial charge in [0, 0.05) is 32.7 Å². The Bertz CT molecular complexity index is 888. The summed E-state index contributed by atoms with van der Waals surface area (Å²) in [5, 5.41) is 10.6. The number of rotatable bonds is 10. The highest BCUT2D eigenvalue weighted by Gasteiger charge is 2.27. The molecule has 1 fully saturated rings. The second kappa shape index (κ2) is 12.1. The Morgan fingerprint density at radius 1 is 0.727 bits per heavy atom. The standard InChI is InChI=1S/C29H36N2O2/c1-2-28(24-12-6-3-7-13-24)33-23-27(32)22-30-18-20-31(21-19-30)29(25-14-8-4-9-15-25)26-16-10-5-11-17-26/h3-17,27-29,32H,2,18-23H2,1H3/t27-,28-/m1/s1. The van der Waals surface area contributed by atoms with Crippen LogP contribution in [0.1, 0.15) is 42.2 Å². The Hall–Kier alpha value is -2.50. The first-order valence-corrected chi connectivity index (χ1v) is 12.2. The molecule has 4 nitrogen and oxygen atoms in total. The molecule has 0 radical (unpaired) electrons. The van der Waals surface area contributed by atoms with Gasteiger partial charge in [0.2, 0.25) is 0 Å². The van der Waals surface area contributed by atoms with E-state index in [1.165, 1.54) is 16.7 Å². The summed E-state index contributed by atoms with van der Waals surface area (Å²) in [6, 6.07) is 32.1. The number of hydrogen-bond acceptors (Lipinski definition) is 4. The van der Waals surface area contributed by atoms with Crippen molar-refractivity contribution < 1.29 is 9.84 Å². The molecule has 1 aliphatic rings. The van der Waals surface area contributed by atoms with Crippen LogP contribution in [0.2, 0.25) is 0 Å². The van der Waals surface area contributed by atoms with Gasteiger partial charge in [-0.05, 0) is 23.1 Å². The maximum atomic E-state index is 10.6. The van der Waals surface area contributed by atoms with Gasteiger partial charge >= 0.3 is 0 Å². The van der Waals surface area contributed by atoms with E-state index in [4.69, 9.17) is 4.74 Å². The van der Waals surface area contributed by atoms with E-state index in [9.17, 15) is 5.11 Å². The smallest absolute Gasteiger partial charge is 0.0900 e. The Kier molecular flexibility index (Phi) is 8.67. The van der Waals surface area contributed by atoms with Crippen LogP contribution in [0.25, 0.3) is 0 Å². The average Bonchev–Trinajstić information content (AvgIpc) is 2.88. The van der Waals surface area contributed by atoms with Crippen LogP contribution in [0, 0.1) is 0 Å². The van der Waals surface area contributed by atoms with Crippen LogP contribution in [-0.2, 0) is 4.74 Å². The Balaban J connectivity index is 1.30. The lowest BCUT2D eigenvalue weighted by Crippen LogP contribution is -2.50. The van der Waals surface area contributed by atoms with Crippen LogP contribution >= 0.6 is 0 Å². The van der Waals surface area contributed by atoms with Crippen molar-refractivity contribution in [3.63, 3.8) is 0 Å². The number of benzene rings is 3. The highest BCUT2D eigenvalue weighted by atomic mass is 16.5. The first kappa shape index (κ1) is 23.7. The molecule has 1 saturated heterocycles. The molecule has 3 aromatic rings. The van der Waals surface area contributed by atoms with E-state index in [2.05, 4.69) is 89.5 Å². The van der Waals surface area contributed by atoms with E-state index in [-0.39, 0.29) is 12.1 Å². The van der Waals surface area contributed by atoms with Gasteiger partial charge in [-0.1, -0.05) is 97.9 Å². The first-order chi connectivity index (χ1) is 16.2. The van der Waals surface area contributed by atoms with E-state index < -0.39 is 6.10 Å². The zero-order chi connectivity index (χ0) is 22.9. The SMILES string of the molecule is CC[C@@H](OC[C@H](O)CN1CCN(C(c2ccccc2)c2ccccc2)CC1)c1ccccc1. The predicted octanol–water partition coefficient (Wildman–Crippen LogP) is 4.92. The van der Waals surface area contributed by atoms with E-state index in [0.717, 1.165) is 32.6 Å². The van der Waals surface area contributed by atoms with Crippen molar-refractivity contribution in [2.45, 2.75) is 31.6 Å². The lowest BCUT2D eigenvalue weighted by molar-refractivity contribution is -0.0291. The summed E-state index contributed by atoms with van der Waals surface area (Å²) in [6.45, 7) is 6.99. The van der Waals surface area contributed by atoms with Gasteiger partial charge in [-0.3, -0.25) is 9.80 Å². The summed E-state index contributed by atoms with van der Waals surface area (Å²) in [6.07, 6.45) is 0.457. The number of aliphatic hydroxyl groups excluding tert-OH is 1. The van der Waals surface area contributed by atoms with Crippen LogP contribution in [0.5, 0.6) is 0 Å². The Morgan fingerprint density at radius 3 is 1.70 bits per heavy atom. The van der Waals surface area contributed by atoms with Crippen molar-refractivity contribution in [3.05, 3.63) is 108 Å². The number of aliphatic hydroxyl groups is 1. The third-order valence-electron chi connectivity index (χ3n) is 6.50. The predicted molar refractivity (Wildman–Crippen MR) is 134 cm³/mol.